The quantitative estimate of drug-likeness (QED) is 0.425. The highest BCUT2D eigenvalue weighted by Gasteiger charge is 2.28. The van der Waals surface area contributed by atoms with E-state index < -0.39 is 11.7 Å². The van der Waals surface area contributed by atoms with E-state index >= 15 is 0 Å². The Labute approximate surface area is 197 Å². The molecule has 0 saturated carbocycles. The fourth-order valence-electron chi connectivity index (χ4n) is 4.49. The molecule has 0 saturated heterocycles. The van der Waals surface area contributed by atoms with Crippen molar-refractivity contribution in [1.29, 1.82) is 0 Å². The van der Waals surface area contributed by atoms with Crippen molar-refractivity contribution in [3.63, 3.8) is 0 Å². The van der Waals surface area contributed by atoms with Gasteiger partial charge in [-0.25, -0.2) is 4.39 Å². The predicted octanol–water partition coefficient (Wildman–Crippen LogP) is 5.16. The molecule has 5 nitrogen and oxygen atoms in total. The Bertz CT molecular complexity index is 1440. The molecule has 0 bridgehead atoms. The summed E-state index contributed by atoms with van der Waals surface area (Å²) in [5, 5.41) is 3.67. The summed E-state index contributed by atoms with van der Waals surface area (Å²) in [7, 11) is 0. The second kappa shape index (κ2) is 8.98. The van der Waals surface area contributed by atoms with Crippen LogP contribution in [0.15, 0.2) is 84.7 Å². The van der Waals surface area contributed by atoms with Crippen molar-refractivity contribution in [2.24, 2.45) is 0 Å². The number of hydrogen-bond donors (Lipinski definition) is 1. The smallest absolute Gasteiger partial charge is 0.274 e. The van der Waals surface area contributed by atoms with Crippen molar-refractivity contribution in [2.75, 3.05) is 11.4 Å². The summed E-state index contributed by atoms with van der Waals surface area (Å²) < 4.78 is 16.4. The maximum absolute atomic E-state index is 14.3. The molecule has 6 heteroatoms. The number of aryl methyl sites for hydroxylation is 1. The highest BCUT2D eigenvalue weighted by atomic mass is 19.1. The number of rotatable bonds is 5. The topological polar surface area (TPSA) is 54.3 Å². The molecule has 0 spiro atoms. The van der Waals surface area contributed by atoms with Gasteiger partial charge in [-0.1, -0.05) is 48.5 Å². The minimum atomic E-state index is -0.663. The van der Waals surface area contributed by atoms with Crippen LogP contribution in [0.2, 0.25) is 0 Å². The number of para-hydroxylation sites is 2. The highest BCUT2D eigenvalue weighted by molar-refractivity contribution is 6.13. The van der Waals surface area contributed by atoms with E-state index in [4.69, 9.17) is 0 Å². The summed E-state index contributed by atoms with van der Waals surface area (Å²) in [5.74, 6) is -1.63. The lowest BCUT2D eigenvalue weighted by molar-refractivity contribution is -0.115. The Hall–Kier alpha value is -4.19. The normalized spacial score (nSPS) is 13.2. The number of carbonyl (C=O) groups excluding carboxylic acids is 2. The monoisotopic (exact) mass is 453 g/mol. The number of halogens is 1. The van der Waals surface area contributed by atoms with Gasteiger partial charge in [0.2, 0.25) is 0 Å². The average molecular weight is 454 g/mol. The molecule has 0 atom stereocenters. The summed E-state index contributed by atoms with van der Waals surface area (Å²) in [6.07, 6.45) is 4.40. The number of nitrogens with zero attached hydrogens (tertiary/aromatic N) is 2. The van der Waals surface area contributed by atoms with Crippen molar-refractivity contribution in [3.8, 4) is 0 Å². The molecule has 170 valence electrons. The Kier molecular flexibility index (Phi) is 5.72. The lowest BCUT2D eigenvalue weighted by atomic mass is 10.1. The van der Waals surface area contributed by atoms with Crippen molar-refractivity contribution < 1.29 is 14.0 Å². The summed E-state index contributed by atoms with van der Waals surface area (Å²) in [6.45, 7) is 3.33. The first-order valence-electron chi connectivity index (χ1n) is 11.3. The number of nitrogens with one attached hydrogen (secondary N) is 1. The molecule has 1 aliphatic heterocycles. The second-order valence-electron chi connectivity index (χ2n) is 8.22. The third-order valence-corrected chi connectivity index (χ3v) is 6.19. The van der Waals surface area contributed by atoms with E-state index in [1.807, 2.05) is 61.7 Å². The van der Waals surface area contributed by atoms with E-state index in [1.54, 1.807) is 17.0 Å². The zero-order valence-electron chi connectivity index (χ0n) is 18.8. The van der Waals surface area contributed by atoms with Crippen molar-refractivity contribution in [1.82, 2.24) is 9.88 Å². The van der Waals surface area contributed by atoms with Crippen LogP contribution >= 0.6 is 0 Å². The molecular formula is C28H24FN3O2. The Morgan fingerprint density at radius 3 is 2.56 bits per heavy atom. The number of anilines is 1. The molecule has 0 unspecified atom stereocenters. The van der Waals surface area contributed by atoms with Crippen LogP contribution in [0.3, 0.4) is 0 Å². The van der Waals surface area contributed by atoms with Gasteiger partial charge in [0.1, 0.15) is 11.5 Å². The molecule has 2 heterocycles. The van der Waals surface area contributed by atoms with Crippen LogP contribution in [0, 0.1) is 5.82 Å². The summed E-state index contributed by atoms with van der Waals surface area (Å²) >= 11 is 0. The highest BCUT2D eigenvalue weighted by Crippen LogP contribution is 2.30. The molecule has 1 aromatic heterocycles. The summed E-state index contributed by atoms with van der Waals surface area (Å²) in [4.78, 5) is 28.4. The molecular weight excluding hydrogens is 429 g/mol. The van der Waals surface area contributed by atoms with Crippen LogP contribution in [0.1, 0.15) is 28.4 Å². The lowest BCUT2D eigenvalue weighted by Gasteiger charge is -2.20. The molecule has 1 N–H and O–H groups in total. The van der Waals surface area contributed by atoms with Gasteiger partial charge in [0.25, 0.3) is 11.8 Å². The zero-order chi connectivity index (χ0) is 23.7. The fraction of sp³-hybridized carbons (Fsp3) is 0.143. The summed E-state index contributed by atoms with van der Waals surface area (Å²) in [6, 6.07) is 21.4. The van der Waals surface area contributed by atoms with Gasteiger partial charge in [-0.2, -0.15) is 0 Å². The fourth-order valence-corrected chi connectivity index (χ4v) is 4.49. The van der Waals surface area contributed by atoms with E-state index in [0.717, 1.165) is 40.7 Å². The lowest BCUT2D eigenvalue weighted by Crippen LogP contribution is -2.37. The predicted molar refractivity (Wildman–Crippen MR) is 132 cm³/mol. The third kappa shape index (κ3) is 3.88. The third-order valence-electron chi connectivity index (χ3n) is 6.19. The molecule has 4 aromatic rings. The van der Waals surface area contributed by atoms with Crippen LogP contribution in [0.25, 0.3) is 17.0 Å². The van der Waals surface area contributed by atoms with Gasteiger partial charge in [0.05, 0.1) is 5.56 Å². The van der Waals surface area contributed by atoms with Gasteiger partial charge in [-0.3, -0.25) is 9.59 Å². The molecule has 5 rings (SSSR count). The van der Waals surface area contributed by atoms with Gasteiger partial charge in [-0.15, -0.1) is 0 Å². The number of fused-ring (bicyclic) bond motifs is 2. The van der Waals surface area contributed by atoms with E-state index in [2.05, 4.69) is 9.88 Å². The molecule has 0 fully saturated rings. The molecule has 0 aliphatic carbocycles. The minimum Gasteiger partial charge on any atom is -0.347 e. The van der Waals surface area contributed by atoms with Crippen LogP contribution < -0.4 is 10.2 Å². The van der Waals surface area contributed by atoms with Gasteiger partial charge in [0, 0.05) is 41.4 Å². The Balaban J connectivity index is 1.59. The maximum Gasteiger partial charge on any atom is 0.274 e. The summed E-state index contributed by atoms with van der Waals surface area (Å²) in [5.41, 5.74) is 3.74. The second-order valence-corrected chi connectivity index (χ2v) is 8.22. The molecule has 2 amide bonds. The molecule has 3 aromatic carbocycles. The number of hydrogen-bond acceptors (Lipinski definition) is 2. The molecule has 1 aliphatic rings. The van der Waals surface area contributed by atoms with Crippen LogP contribution in [0.4, 0.5) is 10.1 Å². The van der Waals surface area contributed by atoms with Crippen molar-refractivity contribution in [2.45, 2.75) is 19.9 Å². The van der Waals surface area contributed by atoms with Gasteiger partial charge in [-0.05, 0) is 49.2 Å². The first-order valence-corrected chi connectivity index (χ1v) is 11.3. The van der Waals surface area contributed by atoms with E-state index in [9.17, 15) is 14.0 Å². The number of aromatic nitrogens is 1. The van der Waals surface area contributed by atoms with Gasteiger partial charge in [0.15, 0.2) is 0 Å². The SMILES string of the molecule is CCn1cc(C=C(NC(=O)c2ccccc2F)C(=O)N2CCc3ccccc32)c2ccccc21. The van der Waals surface area contributed by atoms with Crippen LogP contribution in [-0.2, 0) is 17.8 Å². The first kappa shape index (κ1) is 21.6. The van der Waals surface area contributed by atoms with E-state index in [1.165, 1.54) is 18.2 Å². The minimum absolute atomic E-state index is 0.101. The zero-order valence-corrected chi connectivity index (χ0v) is 18.8. The number of benzene rings is 3. The molecule has 0 radical (unpaired) electrons. The Morgan fingerprint density at radius 2 is 1.74 bits per heavy atom. The maximum atomic E-state index is 14.3. The number of amides is 2. The van der Waals surface area contributed by atoms with Crippen molar-refractivity contribution >= 4 is 34.5 Å². The average Bonchev–Trinajstić information content (AvgIpc) is 3.45. The largest absolute Gasteiger partial charge is 0.347 e. The van der Waals surface area contributed by atoms with Crippen molar-refractivity contribution in [3.05, 3.63) is 107 Å². The van der Waals surface area contributed by atoms with Crippen LogP contribution in [-0.4, -0.2) is 22.9 Å². The first-order chi connectivity index (χ1) is 16.6. The van der Waals surface area contributed by atoms with E-state index in [0.29, 0.717) is 6.54 Å². The Morgan fingerprint density at radius 1 is 1.00 bits per heavy atom. The van der Waals surface area contributed by atoms with E-state index in [-0.39, 0.29) is 17.2 Å². The van der Waals surface area contributed by atoms with Crippen LogP contribution in [0.5, 0.6) is 0 Å². The van der Waals surface area contributed by atoms with Gasteiger partial charge < -0.3 is 14.8 Å². The van der Waals surface area contributed by atoms with Gasteiger partial charge >= 0.3 is 0 Å². The number of carbonyl (C=O) groups is 2. The molecule has 34 heavy (non-hydrogen) atoms. The standard InChI is InChI=1S/C28H24FN3O2/c1-2-31-18-20(21-10-5-8-14-26(21)31)17-24(30-27(33)22-11-4-6-12-23(22)29)28(34)32-16-15-19-9-3-7-13-25(19)32/h3-14,17-18H,2,15-16H2,1H3,(H,30,33).